The predicted octanol–water partition coefficient (Wildman–Crippen LogP) is 0.769. The smallest absolute Gasteiger partial charge is 0.325 e. The Hall–Kier alpha value is -0.260. The molecule has 0 aromatic rings. The molecule has 0 fully saturated rings. The Morgan fingerprint density at radius 1 is 1.60 bits per heavy atom. The number of thioether (sulfide) groups is 1. The van der Waals surface area contributed by atoms with Gasteiger partial charge in [0, 0.05) is 5.25 Å². The number of carbonyl (C=O) groups is 1. The summed E-state index contributed by atoms with van der Waals surface area (Å²) in [5, 5.41) is 9.41. The van der Waals surface area contributed by atoms with Crippen LogP contribution in [0.4, 0.5) is 0 Å². The molecule has 0 aliphatic heterocycles. The molecule has 90 valence electrons. The van der Waals surface area contributed by atoms with Crippen LogP contribution in [-0.2, 0) is 9.53 Å². The van der Waals surface area contributed by atoms with Gasteiger partial charge in [-0.25, -0.2) is 0 Å². The molecule has 0 aliphatic rings. The molecule has 0 spiro atoms. The van der Waals surface area contributed by atoms with Gasteiger partial charge in [-0.15, -0.1) is 0 Å². The summed E-state index contributed by atoms with van der Waals surface area (Å²) in [4.78, 5) is 11.2. The summed E-state index contributed by atoms with van der Waals surface area (Å²) in [5.41, 5.74) is 4.85. The minimum absolute atomic E-state index is 0.151. The van der Waals surface area contributed by atoms with Gasteiger partial charge in [0.25, 0.3) is 0 Å². The molecule has 0 heterocycles. The summed E-state index contributed by atoms with van der Waals surface area (Å²) >= 11 is 1.60. The second-order valence-corrected chi connectivity index (χ2v) is 5.46. The number of nitrogens with two attached hydrogens (primary N) is 1. The zero-order valence-corrected chi connectivity index (χ0v) is 10.6. The number of aliphatic hydroxyl groups excluding tert-OH is 1. The molecule has 0 aliphatic carbocycles. The summed E-state index contributed by atoms with van der Waals surface area (Å²) < 4.78 is 4.60. The molecule has 0 amide bonds. The number of ether oxygens (including phenoxy) is 1. The standard InChI is InChI=1S/C10H21NO3S/c1-7(12)8(2)15-6-5-10(3,11)9(13)14-4/h7-8,12H,5-6,11H2,1-4H3. The normalized spacial score (nSPS) is 19.1. The van der Waals surface area contributed by atoms with Gasteiger partial charge >= 0.3 is 5.97 Å². The molecular weight excluding hydrogens is 214 g/mol. The molecular formula is C10H21NO3S. The predicted molar refractivity (Wildman–Crippen MR) is 62.8 cm³/mol. The van der Waals surface area contributed by atoms with Gasteiger partial charge in [0.05, 0.1) is 13.2 Å². The van der Waals surface area contributed by atoms with Crippen molar-refractivity contribution in [2.24, 2.45) is 5.73 Å². The average Bonchev–Trinajstić information content (AvgIpc) is 2.15. The first-order valence-electron chi connectivity index (χ1n) is 4.98. The van der Waals surface area contributed by atoms with Crippen molar-refractivity contribution in [3.8, 4) is 0 Å². The lowest BCUT2D eigenvalue weighted by Crippen LogP contribution is -2.46. The quantitative estimate of drug-likeness (QED) is 0.665. The Morgan fingerprint density at radius 2 is 2.13 bits per heavy atom. The molecule has 0 aromatic heterocycles. The van der Waals surface area contributed by atoms with Crippen LogP contribution in [0.2, 0.25) is 0 Å². The first kappa shape index (κ1) is 14.7. The van der Waals surface area contributed by atoms with Gasteiger partial charge in [-0.2, -0.15) is 11.8 Å². The maximum absolute atomic E-state index is 11.2. The van der Waals surface area contributed by atoms with Gasteiger partial charge in [-0.1, -0.05) is 6.92 Å². The minimum atomic E-state index is -0.930. The van der Waals surface area contributed by atoms with E-state index in [4.69, 9.17) is 5.73 Å². The van der Waals surface area contributed by atoms with Crippen molar-refractivity contribution in [2.45, 2.75) is 44.1 Å². The van der Waals surface area contributed by atoms with Crippen LogP contribution < -0.4 is 5.73 Å². The van der Waals surface area contributed by atoms with Crippen molar-refractivity contribution in [1.29, 1.82) is 0 Å². The number of hydrogen-bond donors (Lipinski definition) is 2. The van der Waals surface area contributed by atoms with Crippen LogP contribution in [0.25, 0.3) is 0 Å². The van der Waals surface area contributed by atoms with E-state index in [2.05, 4.69) is 4.74 Å². The van der Waals surface area contributed by atoms with Gasteiger partial charge in [0.1, 0.15) is 5.54 Å². The van der Waals surface area contributed by atoms with Gasteiger partial charge in [0.2, 0.25) is 0 Å². The summed E-state index contributed by atoms with van der Waals surface area (Å²) in [7, 11) is 1.33. The Kier molecular flexibility index (Phi) is 6.24. The zero-order chi connectivity index (χ0) is 12.1. The molecule has 0 saturated carbocycles. The molecule has 0 rings (SSSR count). The lowest BCUT2D eigenvalue weighted by atomic mass is 10.0. The Morgan fingerprint density at radius 3 is 2.53 bits per heavy atom. The molecule has 0 bridgehead atoms. The Labute approximate surface area is 95.6 Å². The van der Waals surface area contributed by atoms with Crippen LogP contribution in [-0.4, -0.2) is 40.8 Å². The van der Waals surface area contributed by atoms with E-state index in [-0.39, 0.29) is 11.4 Å². The van der Waals surface area contributed by atoms with Crippen LogP contribution in [0.3, 0.4) is 0 Å². The van der Waals surface area contributed by atoms with Gasteiger partial charge < -0.3 is 15.6 Å². The van der Waals surface area contributed by atoms with E-state index in [0.29, 0.717) is 6.42 Å². The third-order valence-corrected chi connectivity index (χ3v) is 3.69. The molecule has 3 unspecified atom stereocenters. The molecule has 0 radical (unpaired) electrons. The summed E-state index contributed by atoms with van der Waals surface area (Å²) in [6.45, 7) is 5.35. The molecule has 4 nitrogen and oxygen atoms in total. The van der Waals surface area contributed by atoms with Crippen LogP contribution >= 0.6 is 11.8 Å². The topological polar surface area (TPSA) is 72.5 Å². The maximum atomic E-state index is 11.2. The summed E-state index contributed by atoms with van der Waals surface area (Å²) in [5.74, 6) is 0.335. The lowest BCUT2D eigenvalue weighted by molar-refractivity contribution is -0.146. The maximum Gasteiger partial charge on any atom is 0.325 e. The second kappa shape index (κ2) is 6.35. The molecule has 0 saturated heterocycles. The first-order valence-corrected chi connectivity index (χ1v) is 6.03. The van der Waals surface area contributed by atoms with Crippen molar-refractivity contribution >= 4 is 17.7 Å². The fourth-order valence-electron chi connectivity index (χ4n) is 0.931. The second-order valence-electron chi connectivity index (χ2n) is 3.98. The van der Waals surface area contributed by atoms with Crippen molar-refractivity contribution < 1.29 is 14.6 Å². The third-order valence-electron chi connectivity index (χ3n) is 2.33. The number of rotatable bonds is 6. The van der Waals surface area contributed by atoms with Crippen LogP contribution in [0.5, 0.6) is 0 Å². The van der Waals surface area contributed by atoms with E-state index < -0.39 is 11.5 Å². The molecule has 3 atom stereocenters. The van der Waals surface area contributed by atoms with Gasteiger partial charge in [-0.3, -0.25) is 4.79 Å². The number of methoxy groups -OCH3 is 1. The summed E-state index contributed by atoms with van der Waals surface area (Å²) in [6.07, 6.45) is 0.193. The highest BCUT2D eigenvalue weighted by atomic mass is 32.2. The molecule has 15 heavy (non-hydrogen) atoms. The number of hydrogen-bond acceptors (Lipinski definition) is 5. The van der Waals surface area contributed by atoms with Crippen molar-refractivity contribution in [3.63, 3.8) is 0 Å². The number of aliphatic hydroxyl groups is 1. The van der Waals surface area contributed by atoms with E-state index in [1.807, 2.05) is 6.92 Å². The highest BCUT2D eigenvalue weighted by molar-refractivity contribution is 7.99. The highest BCUT2D eigenvalue weighted by Gasteiger charge is 2.29. The van der Waals surface area contributed by atoms with Crippen molar-refractivity contribution in [1.82, 2.24) is 0 Å². The SMILES string of the molecule is COC(=O)C(C)(N)CCSC(C)C(C)O. The Bertz CT molecular complexity index is 207. The fraction of sp³-hybridized carbons (Fsp3) is 0.900. The molecule has 5 heteroatoms. The van der Waals surface area contributed by atoms with E-state index in [0.717, 1.165) is 5.75 Å². The molecule has 3 N–H and O–H groups in total. The number of carbonyl (C=O) groups excluding carboxylic acids is 1. The fourth-order valence-corrected chi connectivity index (χ4v) is 2.12. The zero-order valence-electron chi connectivity index (χ0n) is 9.82. The summed E-state index contributed by atoms with van der Waals surface area (Å²) in [6, 6.07) is 0. The number of esters is 1. The van der Waals surface area contributed by atoms with Gasteiger partial charge in [-0.05, 0) is 26.0 Å². The minimum Gasteiger partial charge on any atom is -0.468 e. The average molecular weight is 235 g/mol. The van der Waals surface area contributed by atoms with Gasteiger partial charge in [0.15, 0.2) is 0 Å². The highest BCUT2D eigenvalue weighted by Crippen LogP contribution is 2.19. The van der Waals surface area contributed by atoms with E-state index >= 15 is 0 Å². The monoisotopic (exact) mass is 235 g/mol. The lowest BCUT2D eigenvalue weighted by Gasteiger charge is -2.22. The van der Waals surface area contributed by atoms with Crippen LogP contribution in [0.1, 0.15) is 27.2 Å². The van der Waals surface area contributed by atoms with E-state index in [1.54, 1.807) is 25.6 Å². The van der Waals surface area contributed by atoms with Crippen LogP contribution in [0, 0.1) is 0 Å². The van der Waals surface area contributed by atoms with Crippen LogP contribution in [0.15, 0.2) is 0 Å². The largest absolute Gasteiger partial charge is 0.468 e. The van der Waals surface area contributed by atoms with Crippen molar-refractivity contribution in [2.75, 3.05) is 12.9 Å². The van der Waals surface area contributed by atoms with E-state index in [1.165, 1.54) is 7.11 Å². The third kappa shape index (κ3) is 5.39. The van der Waals surface area contributed by atoms with Crippen molar-refractivity contribution in [3.05, 3.63) is 0 Å². The van der Waals surface area contributed by atoms with E-state index in [9.17, 15) is 9.90 Å². The Balaban J connectivity index is 3.90. The first-order chi connectivity index (χ1) is 6.81. The molecule has 0 aromatic carbocycles.